The zero-order valence-electron chi connectivity index (χ0n) is 13.7. The first-order chi connectivity index (χ1) is 12.0. The maximum Gasteiger partial charge on any atom is 0.433 e. The third-order valence-electron chi connectivity index (χ3n) is 4.90. The number of hydrogen-bond donors (Lipinski definition) is 1. The van der Waals surface area contributed by atoms with E-state index in [-0.39, 0.29) is 0 Å². The van der Waals surface area contributed by atoms with Gasteiger partial charge in [0.2, 0.25) is 0 Å². The van der Waals surface area contributed by atoms with Crippen LogP contribution in [0.4, 0.5) is 19.0 Å². The lowest BCUT2D eigenvalue weighted by Crippen LogP contribution is -2.46. The molecule has 1 aliphatic heterocycles. The summed E-state index contributed by atoms with van der Waals surface area (Å²) in [7, 11) is 0. The molecule has 4 rings (SSSR count). The number of nitrogens with one attached hydrogen (secondary N) is 1. The molecule has 25 heavy (non-hydrogen) atoms. The summed E-state index contributed by atoms with van der Waals surface area (Å²) in [4.78, 5) is 11.5. The molecule has 0 radical (unpaired) electrons. The molecular formula is C16H19F3N6. The van der Waals surface area contributed by atoms with Crippen molar-refractivity contribution in [2.75, 3.05) is 31.1 Å². The molecule has 0 atom stereocenters. The van der Waals surface area contributed by atoms with Gasteiger partial charge in [0.15, 0.2) is 0 Å². The summed E-state index contributed by atoms with van der Waals surface area (Å²) in [6.45, 7) is 3.61. The number of alkyl halides is 3. The molecule has 0 saturated carbocycles. The van der Waals surface area contributed by atoms with Gasteiger partial charge in [-0.3, -0.25) is 10.00 Å². The van der Waals surface area contributed by atoms with Gasteiger partial charge in [-0.05, 0) is 24.8 Å². The van der Waals surface area contributed by atoms with Gasteiger partial charge in [0, 0.05) is 44.5 Å². The maximum absolute atomic E-state index is 12.8. The second-order valence-electron chi connectivity index (χ2n) is 6.50. The number of piperazine rings is 1. The van der Waals surface area contributed by atoms with E-state index in [9.17, 15) is 13.2 Å². The summed E-state index contributed by atoms with van der Waals surface area (Å²) in [5, 5.41) is 7.54. The van der Waals surface area contributed by atoms with Crippen LogP contribution in [0, 0.1) is 0 Å². The molecule has 134 valence electrons. The monoisotopic (exact) mass is 352 g/mol. The fourth-order valence-electron chi connectivity index (χ4n) is 3.54. The highest BCUT2D eigenvalue weighted by molar-refractivity contribution is 5.40. The van der Waals surface area contributed by atoms with Crippen molar-refractivity contribution < 1.29 is 13.2 Å². The van der Waals surface area contributed by atoms with E-state index in [0.717, 1.165) is 50.6 Å². The minimum absolute atomic E-state index is 0.336. The summed E-state index contributed by atoms with van der Waals surface area (Å²) < 4.78 is 38.4. The second kappa shape index (κ2) is 6.29. The lowest BCUT2D eigenvalue weighted by molar-refractivity contribution is -0.141. The Balaban J connectivity index is 1.38. The molecule has 2 aromatic heterocycles. The zero-order chi connectivity index (χ0) is 17.4. The number of anilines is 1. The van der Waals surface area contributed by atoms with Gasteiger partial charge in [-0.25, -0.2) is 9.97 Å². The summed E-state index contributed by atoms with van der Waals surface area (Å²) in [6, 6.07) is 1.02. The van der Waals surface area contributed by atoms with Crippen LogP contribution in [0.25, 0.3) is 0 Å². The first kappa shape index (κ1) is 16.3. The molecular weight excluding hydrogens is 333 g/mol. The average Bonchev–Trinajstić information content (AvgIpc) is 3.20. The number of rotatable bonds is 3. The number of aryl methyl sites for hydroxylation is 1. The fraction of sp³-hybridized carbons (Fsp3) is 0.562. The molecule has 0 unspecified atom stereocenters. The van der Waals surface area contributed by atoms with Crippen molar-refractivity contribution in [1.29, 1.82) is 0 Å². The predicted molar refractivity (Wildman–Crippen MR) is 85.1 cm³/mol. The van der Waals surface area contributed by atoms with Gasteiger partial charge >= 0.3 is 6.18 Å². The van der Waals surface area contributed by atoms with E-state index in [4.69, 9.17) is 0 Å². The standard InChI is InChI=1S/C16H19F3N6/c17-16(18,19)14-8-15(21-10-20-14)25-6-4-24(5-7-25)9-13-11-2-1-3-12(11)22-23-13/h8,10H,1-7,9H2,(H,22,23). The SMILES string of the molecule is FC(F)(F)c1cc(N2CCN(Cc3n[nH]c4c3CCC4)CC2)ncn1. The van der Waals surface area contributed by atoms with Crippen molar-refractivity contribution >= 4 is 5.82 Å². The number of aromatic amines is 1. The Morgan fingerprint density at radius 1 is 1.08 bits per heavy atom. The van der Waals surface area contributed by atoms with Crippen LogP contribution in [0.2, 0.25) is 0 Å². The Morgan fingerprint density at radius 3 is 2.64 bits per heavy atom. The molecule has 1 fully saturated rings. The molecule has 1 aliphatic carbocycles. The highest BCUT2D eigenvalue weighted by Gasteiger charge is 2.33. The average molecular weight is 352 g/mol. The topological polar surface area (TPSA) is 60.9 Å². The van der Waals surface area contributed by atoms with Gasteiger partial charge in [0.1, 0.15) is 17.8 Å². The van der Waals surface area contributed by atoms with Crippen molar-refractivity contribution in [2.24, 2.45) is 0 Å². The molecule has 0 aromatic carbocycles. The van der Waals surface area contributed by atoms with Gasteiger partial charge in [-0.1, -0.05) is 0 Å². The first-order valence-electron chi connectivity index (χ1n) is 8.42. The molecule has 9 heteroatoms. The van der Waals surface area contributed by atoms with Crippen molar-refractivity contribution in [3.63, 3.8) is 0 Å². The second-order valence-corrected chi connectivity index (χ2v) is 6.50. The van der Waals surface area contributed by atoms with Crippen molar-refractivity contribution in [3.8, 4) is 0 Å². The number of halogens is 3. The van der Waals surface area contributed by atoms with E-state index >= 15 is 0 Å². The molecule has 2 aromatic rings. The third-order valence-corrected chi connectivity index (χ3v) is 4.90. The molecule has 0 amide bonds. The van der Waals surface area contributed by atoms with Crippen LogP contribution >= 0.6 is 0 Å². The number of fused-ring (bicyclic) bond motifs is 1. The normalized spacial score (nSPS) is 18.6. The van der Waals surface area contributed by atoms with E-state index < -0.39 is 11.9 Å². The molecule has 0 bridgehead atoms. The summed E-state index contributed by atoms with van der Waals surface area (Å²) in [5.41, 5.74) is 2.83. The van der Waals surface area contributed by atoms with Crippen LogP contribution < -0.4 is 4.90 Å². The highest BCUT2D eigenvalue weighted by Crippen LogP contribution is 2.29. The van der Waals surface area contributed by atoms with Crippen LogP contribution in [-0.4, -0.2) is 51.2 Å². The van der Waals surface area contributed by atoms with Gasteiger partial charge in [0.25, 0.3) is 0 Å². The largest absolute Gasteiger partial charge is 0.433 e. The Kier molecular flexibility index (Phi) is 4.10. The lowest BCUT2D eigenvalue weighted by atomic mass is 10.2. The summed E-state index contributed by atoms with van der Waals surface area (Å²) >= 11 is 0. The smallest absolute Gasteiger partial charge is 0.354 e. The molecule has 1 N–H and O–H groups in total. The molecule has 6 nitrogen and oxygen atoms in total. The maximum atomic E-state index is 12.8. The molecule has 2 aliphatic rings. The van der Waals surface area contributed by atoms with Gasteiger partial charge in [-0.2, -0.15) is 18.3 Å². The van der Waals surface area contributed by atoms with Crippen LogP contribution in [0.1, 0.15) is 29.1 Å². The molecule has 3 heterocycles. The minimum atomic E-state index is -4.44. The van der Waals surface area contributed by atoms with E-state index in [1.165, 1.54) is 17.7 Å². The van der Waals surface area contributed by atoms with Crippen LogP contribution in [-0.2, 0) is 25.6 Å². The van der Waals surface area contributed by atoms with Gasteiger partial charge in [-0.15, -0.1) is 0 Å². The Labute approximate surface area is 143 Å². The third kappa shape index (κ3) is 3.33. The Bertz CT molecular complexity index is 749. The number of nitrogens with zero attached hydrogens (tertiary/aromatic N) is 5. The fourth-order valence-corrected chi connectivity index (χ4v) is 3.54. The first-order valence-corrected chi connectivity index (χ1v) is 8.42. The highest BCUT2D eigenvalue weighted by atomic mass is 19.4. The number of hydrogen-bond acceptors (Lipinski definition) is 5. The van der Waals surface area contributed by atoms with E-state index in [1.54, 1.807) is 0 Å². The number of H-pyrrole nitrogens is 1. The lowest BCUT2D eigenvalue weighted by Gasteiger charge is -2.35. The van der Waals surface area contributed by atoms with Gasteiger partial charge < -0.3 is 4.90 Å². The van der Waals surface area contributed by atoms with E-state index in [2.05, 4.69) is 25.1 Å². The predicted octanol–water partition coefficient (Wildman–Crippen LogP) is 2.03. The van der Waals surface area contributed by atoms with Crippen LogP contribution in [0.15, 0.2) is 12.4 Å². The van der Waals surface area contributed by atoms with Crippen molar-refractivity contribution in [2.45, 2.75) is 32.0 Å². The van der Waals surface area contributed by atoms with Crippen molar-refractivity contribution in [1.82, 2.24) is 25.1 Å². The molecule has 0 spiro atoms. The number of aromatic nitrogens is 4. The minimum Gasteiger partial charge on any atom is -0.354 e. The molecule has 1 saturated heterocycles. The van der Waals surface area contributed by atoms with Gasteiger partial charge in [0.05, 0.1) is 5.69 Å². The Morgan fingerprint density at radius 2 is 1.88 bits per heavy atom. The van der Waals surface area contributed by atoms with Crippen LogP contribution in [0.3, 0.4) is 0 Å². The van der Waals surface area contributed by atoms with Crippen molar-refractivity contribution in [3.05, 3.63) is 35.0 Å². The van der Waals surface area contributed by atoms with Crippen LogP contribution in [0.5, 0.6) is 0 Å². The van der Waals surface area contributed by atoms with E-state index in [0.29, 0.717) is 18.9 Å². The summed E-state index contributed by atoms with van der Waals surface area (Å²) in [6.07, 6.45) is -0.120. The quantitative estimate of drug-likeness (QED) is 0.916. The summed E-state index contributed by atoms with van der Waals surface area (Å²) in [5.74, 6) is 0.336. The Hall–Kier alpha value is -2.16. The van der Waals surface area contributed by atoms with E-state index in [1.807, 2.05) is 4.90 Å². The zero-order valence-corrected chi connectivity index (χ0v) is 13.7.